The number of nitrogens with zero attached hydrogens (tertiary/aromatic N) is 4. The van der Waals surface area contributed by atoms with Gasteiger partial charge >= 0.3 is 0 Å². The highest BCUT2D eigenvalue weighted by molar-refractivity contribution is 9.11. The molecule has 150 valence electrons. The first-order valence-corrected chi connectivity index (χ1v) is 10.4. The Morgan fingerprint density at radius 1 is 1.34 bits per heavy atom. The molecule has 0 unspecified atom stereocenters. The quantitative estimate of drug-likeness (QED) is 0.342. The lowest BCUT2D eigenvalue weighted by Crippen LogP contribution is -2.28. The Bertz CT molecular complexity index is 1110. The molecule has 3 rings (SSSR count). The van der Waals surface area contributed by atoms with Crippen molar-refractivity contribution in [3.8, 4) is 11.9 Å². The van der Waals surface area contributed by atoms with Gasteiger partial charge in [-0.2, -0.15) is 5.26 Å². The Morgan fingerprint density at radius 2 is 1.93 bits per heavy atom. The molecule has 0 bridgehead atoms. The van der Waals surface area contributed by atoms with Gasteiger partial charge in [0.2, 0.25) is 5.88 Å². The highest BCUT2D eigenvalue weighted by Gasteiger charge is 2.26. The maximum atomic E-state index is 12.7. The van der Waals surface area contributed by atoms with Crippen LogP contribution < -0.4 is 5.56 Å². The van der Waals surface area contributed by atoms with Crippen molar-refractivity contribution in [3.05, 3.63) is 58.2 Å². The number of benzene rings is 1. The fraction of sp³-hybridized carbons (Fsp3) is 0.316. The zero-order chi connectivity index (χ0) is 21.3. The minimum atomic E-state index is -0.518. The summed E-state index contributed by atoms with van der Waals surface area (Å²) in [6, 6.07) is 4.43. The van der Waals surface area contributed by atoms with Crippen molar-refractivity contribution in [2.24, 2.45) is 4.99 Å². The van der Waals surface area contributed by atoms with Crippen LogP contribution in [0.25, 0.3) is 0 Å². The molecule has 8 nitrogen and oxygen atoms in total. The van der Waals surface area contributed by atoms with E-state index in [1.165, 1.54) is 22.9 Å². The first-order valence-electron chi connectivity index (χ1n) is 8.82. The fourth-order valence-electron chi connectivity index (χ4n) is 3.51. The average molecular weight is 524 g/mol. The smallest absolute Gasteiger partial charge is 0.271 e. The summed E-state index contributed by atoms with van der Waals surface area (Å²) >= 11 is 6.53. The van der Waals surface area contributed by atoms with Gasteiger partial charge in [-0.1, -0.05) is 12.8 Å². The molecule has 0 radical (unpaired) electrons. The Balaban J connectivity index is 2.15. The van der Waals surface area contributed by atoms with Crippen LogP contribution in [-0.2, 0) is 0 Å². The summed E-state index contributed by atoms with van der Waals surface area (Å²) in [5, 5.41) is 31.3. The molecule has 1 aliphatic rings. The number of nitro benzene ring substituents is 1. The number of nitro groups is 1. The molecule has 29 heavy (non-hydrogen) atoms. The van der Waals surface area contributed by atoms with Crippen LogP contribution in [0, 0.1) is 28.4 Å². The first-order chi connectivity index (χ1) is 13.8. The number of halogens is 2. The molecule has 1 aromatic carbocycles. The molecule has 1 heterocycles. The molecule has 1 N–H and O–H groups in total. The van der Waals surface area contributed by atoms with E-state index >= 15 is 0 Å². The largest absolute Gasteiger partial charge is 0.494 e. The van der Waals surface area contributed by atoms with E-state index in [2.05, 4.69) is 36.9 Å². The van der Waals surface area contributed by atoms with Gasteiger partial charge in [-0.05, 0) is 57.2 Å². The van der Waals surface area contributed by atoms with E-state index in [1.807, 2.05) is 6.07 Å². The van der Waals surface area contributed by atoms with Crippen molar-refractivity contribution in [1.82, 2.24) is 4.57 Å². The summed E-state index contributed by atoms with van der Waals surface area (Å²) in [5.41, 5.74) is 0.351. The minimum Gasteiger partial charge on any atom is -0.494 e. The lowest BCUT2D eigenvalue weighted by atomic mass is 10.0. The van der Waals surface area contributed by atoms with Gasteiger partial charge in [0.25, 0.3) is 11.2 Å². The Kier molecular flexibility index (Phi) is 6.19. The highest BCUT2D eigenvalue weighted by atomic mass is 79.9. The number of non-ortho nitro benzene ring substituents is 1. The summed E-state index contributed by atoms with van der Waals surface area (Å²) in [6.45, 7) is 1.58. The molecule has 1 fully saturated rings. The number of rotatable bonds is 4. The Morgan fingerprint density at radius 3 is 2.45 bits per heavy atom. The molecule has 2 aromatic rings. The van der Waals surface area contributed by atoms with Gasteiger partial charge in [-0.25, -0.2) is 0 Å². The SMILES string of the molecule is Cc1c(C=Nc2c(Br)cc([N+](=O)[O-])cc2Br)c(O)n(C2CCCC2)c(=O)c1C#N. The Hall–Kier alpha value is -2.51. The van der Waals surface area contributed by atoms with Crippen LogP contribution in [0.1, 0.15) is 48.4 Å². The van der Waals surface area contributed by atoms with Gasteiger partial charge in [0.05, 0.1) is 25.1 Å². The molecular formula is C19H16Br2N4O4. The third-order valence-electron chi connectivity index (χ3n) is 5.02. The van der Waals surface area contributed by atoms with E-state index in [4.69, 9.17) is 0 Å². The molecule has 1 aliphatic carbocycles. The highest BCUT2D eigenvalue weighted by Crippen LogP contribution is 2.38. The monoisotopic (exact) mass is 522 g/mol. The van der Waals surface area contributed by atoms with Gasteiger partial charge in [0, 0.05) is 24.4 Å². The topological polar surface area (TPSA) is 122 Å². The van der Waals surface area contributed by atoms with Gasteiger partial charge in [0.1, 0.15) is 11.6 Å². The predicted molar refractivity (Wildman–Crippen MR) is 115 cm³/mol. The predicted octanol–water partition coefficient (Wildman–Crippen LogP) is 5.03. The van der Waals surface area contributed by atoms with E-state index in [9.17, 15) is 25.3 Å². The molecule has 0 atom stereocenters. The zero-order valence-corrected chi connectivity index (χ0v) is 18.5. The molecule has 0 spiro atoms. The van der Waals surface area contributed by atoms with Crippen LogP contribution in [0.5, 0.6) is 5.88 Å². The van der Waals surface area contributed by atoms with Crippen LogP contribution in [0.2, 0.25) is 0 Å². The molecule has 1 aromatic heterocycles. The van der Waals surface area contributed by atoms with Crippen LogP contribution in [0.3, 0.4) is 0 Å². The second kappa shape index (κ2) is 8.47. The van der Waals surface area contributed by atoms with Gasteiger partial charge in [-0.3, -0.25) is 24.5 Å². The fourth-order valence-corrected chi connectivity index (χ4v) is 4.87. The summed E-state index contributed by atoms with van der Waals surface area (Å²) in [4.78, 5) is 27.5. The van der Waals surface area contributed by atoms with E-state index in [0.29, 0.717) is 20.2 Å². The lowest BCUT2D eigenvalue weighted by Gasteiger charge is -2.19. The number of aliphatic imine (C=N–C) groups is 1. The summed E-state index contributed by atoms with van der Waals surface area (Å²) in [6.07, 6.45) is 4.80. The van der Waals surface area contributed by atoms with Crippen LogP contribution in [-0.4, -0.2) is 20.8 Å². The molecule has 1 saturated carbocycles. The van der Waals surface area contributed by atoms with Crippen LogP contribution in [0.4, 0.5) is 11.4 Å². The molecule has 0 saturated heterocycles. The van der Waals surface area contributed by atoms with Gasteiger partial charge in [0.15, 0.2) is 0 Å². The van der Waals surface area contributed by atoms with E-state index in [1.54, 1.807) is 6.92 Å². The van der Waals surface area contributed by atoms with E-state index in [-0.39, 0.29) is 28.7 Å². The number of aromatic nitrogens is 1. The maximum absolute atomic E-state index is 12.7. The number of hydrogen-bond acceptors (Lipinski definition) is 6. The second-order valence-electron chi connectivity index (χ2n) is 6.74. The maximum Gasteiger partial charge on any atom is 0.271 e. The standard InChI is InChI=1S/C19H16Br2N4O4/c1-10-13(8-22)18(26)24(11-4-2-3-5-11)19(27)14(10)9-23-17-15(20)6-12(25(28)29)7-16(17)21/h6-7,9,11,27H,2-5H2,1H3. The zero-order valence-electron chi connectivity index (χ0n) is 15.4. The summed E-state index contributed by atoms with van der Waals surface area (Å²) in [7, 11) is 0. The third-order valence-corrected chi connectivity index (χ3v) is 6.23. The van der Waals surface area contributed by atoms with Crippen molar-refractivity contribution >= 4 is 49.4 Å². The number of pyridine rings is 1. The van der Waals surface area contributed by atoms with Crippen molar-refractivity contribution in [2.45, 2.75) is 38.6 Å². The van der Waals surface area contributed by atoms with Crippen molar-refractivity contribution < 1.29 is 10.0 Å². The third kappa shape index (κ3) is 3.97. The van der Waals surface area contributed by atoms with Crippen LogP contribution in [0.15, 0.2) is 30.9 Å². The van der Waals surface area contributed by atoms with Crippen molar-refractivity contribution in [2.75, 3.05) is 0 Å². The normalized spacial score (nSPS) is 14.4. The van der Waals surface area contributed by atoms with E-state index < -0.39 is 10.5 Å². The lowest BCUT2D eigenvalue weighted by molar-refractivity contribution is -0.385. The molecular weight excluding hydrogens is 508 g/mol. The van der Waals surface area contributed by atoms with Gasteiger partial charge < -0.3 is 5.11 Å². The Labute approximate surface area is 182 Å². The minimum absolute atomic E-state index is 0.0296. The number of nitriles is 1. The second-order valence-corrected chi connectivity index (χ2v) is 8.44. The van der Waals surface area contributed by atoms with E-state index in [0.717, 1.165) is 25.7 Å². The number of hydrogen-bond donors (Lipinski definition) is 1. The van der Waals surface area contributed by atoms with Crippen molar-refractivity contribution in [3.63, 3.8) is 0 Å². The van der Waals surface area contributed by atoms with Crippen LogP contribution >= 0.6 is 31.9 Å². The molecule has 0 aliphatic heterocycles. The van der Waals surface area contributed by atoms with Crippen molar-refractivity contribution in [1.29, 1.82) is 5.26 Å². The molecule has 10 heteroatoms. The number of aromatic hydroxyl groups is 1. The average Bonchev–Trinajstić information content (AvgIpc) is 3.17. The summed E-state index contributed by atoms with van der Waals surface area (Å²) in [5.74, 6) is -0.226. The first kappa shape index (κ1) is 21.2. The van der Waals surface area contributed by atoms with Gasteiger partial charge in [-0.15, -0.1) is 0 Å². The summed E-state index contributed by atoms with van der Waals surface area (Å²) < 4.78 is 2.06. The molecule has 0 amide bonds.